The Morgan fingerprint density at radius 3 is 2.71 bits per heavy atom. The molecule has 0 atom stereocenters. The molecule has 0 aliphatic heterocycles. The molecular weight excluding hydrogens is 247 g/mol. The Kier molecular flexibility index (Phi) is 2.80. The van der Waals surface area contributed by atoms with Crippen molar-refractivity contribution >= 4 is 15.7 Å². The van der Waals surface area contributed by atoms with Crippen LogP contribution in [0.15, 0.2) is 29.6 Å². The highest BCUT2D eigenvalue weighted by molar-refractivity contribution is 7.92. The zero-order valence-electron chi connectivity index (χ0n) is 8.81. The fraction of sp³-hybridized carbons (Fsp3) is 0.111. The summed E-state index contributed by atoms with van der Waals surface area (Å²) >= 11 is 0. The van der Waals surface area contributed by atoms with E-state index in [1.54, 1.807) is 6.92 Å². The molecule has 2 aromatic rings. The van der Waals surface area contributed by atoms with Crippen molar-refractivity contribution in [3.8, 4) is 0 Å². The van der Waals surface area contributed by atoms with Crippen LogP contribution >= 0.6 is 0 Å². The summed E-state index contributed by atoms with van der Waals surface area (Å²) in [6.45, 7) is 1.57. The third kappa shape index (κ3) is 2.41. The fourth-order valence-electron chi connectivity index (χ4n) is 1.29. The number of H-pyrrole nitrogens is 1. The monoisotopic (exact) mass is 256 g/mol. The molecule has 0 saturated carbocycles. The molecule has 0 aromatic carbocycles. The van der Waals surface area contributed by atoms with Crippen LogP contribution in [0.2, 0.25) is 0 Å². The SMILES string of the molecule is Cc1[nH]ncc1S(=O)(=O)Nc1cncc(F)c1. The van der Waals surface area contributed by atoms with Gasteiger partial charge in [-0.25, -0.2) is 12.8 Å². The number of nitrogens with one attached hydrogen (secondary N) is 2. The number of rotatable bonds is 3. The molecule has 2 heterocycles. The normalized spacial score (nSPS) is 11.4. The molecule has 0 spiro atoms. The van der Waals surface area contributed by atoms with Crippen molar-refractivity contribution in [1.29, 1.82) is 0 Å². The predicted octanol–water partition coefficient (Wildman–Crippen LogP) is 1.05. The minimum atomic E-state index is -3.77. The maximum absolute atomic E-state index is 12.8. The van der Waals surface area contributed by atoms with Crippen molar-refractivity contribution in [2.24, 2.45) is 0 Å². The molecule has 0 unspecified atom stereocenters. The summed E-state index contributed by atoms with van der Waals surface area (Å²) in [4.78, 5) is 3.56. The van der Waals surface area contributed by atoms with Crippen molar-refractivity contribution < 1.29 is 12.8 Å². The lowest BCUT2D eigenvalue weighted by atomic mass is 10.4. The molecule has 0 bridgehead atoms. The van der Waals surface area contributed by atoms with E-state index in [0.717, 1.165) is 12.3 Å². The Morgan fingerprint density at radius 2 is 2.12 bits per heavy atom. The molecular formula is C9H9FN4O2S. The molecule has 17 heavy (non-hydrogen) atoms. The highest BCUT2D eigenvalue weighted by atomic mass is 32.2. The highest BCUT2D eigenvalue weighted by Gasteiger charge is 2.18. The van der Waals surface area contributed by atoms with Crippen LogP contribution in [0.1, 0.15) is 5.69 Å². The van der Waals surface area contributed by atoms with Crippen molar-refractivity contribution in [3.63, 3.8) is 0 Å². The van der Waals surface area contributed by atoms with Gasteiger partial charge in [-0.2, -0.15) is 5.10 Å². The lowest BCUT2D eigenvalue weighted by molar-refractivity contribution is 0.600. The number of nitrogens with zero attached hydrogens (tertiary/aromatic N) is 2. The molecule has 0 aliphatic rings. The van der Waals surface area contributed by atoms with Gasteiger partial charge in [-0.15, -0.1) is 0 Å². The van der Waals surface area contributed by atoms with Crippen molar-refractivity contribution in [1.82, 2.24) is 15.2 Å². The average molecular weight is 256 g/mol. The van der Waals surface area contributed by atoms with Crippen LogP contribution in [0.4, 0.5) is 10.1 Å². The van der Waals surface area contributed by atoms with Crippen LogP contribution < -0.4 is 4.72 Å². The first-order valence-corrected chi connectivity index (χ1v) is 6.11. The Labute approximate surface area is 96.9 Å². The maximum Gasteiger partial charge on any atom is 0.265 e. The number of halogens is 1. The summed E-state index contributed by atoms with van der Waals surface area (Å²) in [5.74, 6) is -0.617. The van der Waals surface area contributed by atoms with Gasteiger partial charge in [0.25, 0.3) is 10.0 Å². The van der Waals surface area contributed by atoms with E-state index < -0.39 is 15.8 Å². The molecule has 0 fully saturated rings. The third-order valence-electron chi connectivity index (χ3n) is 2.03. The van der Waals surface area contributed by atoms with Crippen molar-refractivity contribution in [2.75, 3.05) is 4.72 Å². The molecule has 90 valence electrons. The van der Waals surface area contributed by atoms with Gasteiger partial charge < -0.3 is 0 Å². The van der Waals surface area contributed by atoms with Crippen LogP contribution in [0.5, 0.6) is 0 Å². The first-order valence-electron chi connectivity index (χ1n) is 4.62. The summed E-state index contributed by atoms with van der Waals surface area (Å²) in [5, 5.41) is 6.13. The summed E-state index contributed by atoms with van der Waals surface area (Å²) in [7, 11) is -3.77. The Balaban J connectivity index is 2.33. The summed E-state index contributed by atoms with van der Waals surface area (Å²) in [6.07, 6.45) is 3.39. The van der Waals surface area contributed by atoms with E-state index in [1.807, 2.05) is 0 Å². The minimum Gasteiger partial charge on any atom is -0.281 e. The second kappa shape index (κ2) is 4.13. The van der Waals surface area contributed by atoms with E-state index in [0.29, 0.717) is 5.69 Å². The zero-order chi connectivity index (χ0) is 12.5. The first kappa shape index (κ1) is 11.5. The molecule has 0 amide bonds. The molecule has 6 nitrogen and oxygen atoms in total. The van der Waals surface area contributed by atoms with Gasteiger partial charge in [0, 0.05) is 6.07 Å². The summed E-state index contributed by atoms with van der Waals surface area (Å²) in [5.41, 5.74) is 0.465. The highest BCUT2D eigenvalue weighted by Crippen LogP contribution is 2.17. The standard InChI is InChI=1S/C9H9FN4O2S/c1-6-9(5-12-13-6)17(15,16)14-8-2-7(10)3-11-4-8/h2-5,14H,1H3,(H,12,13). The van der Waals surface area contributed by atoms with Gasteiger partial charge in [-0.3, -0.25) is 14.8 Å². The van der Waals surface area contributed by atoms with Gasteiger partial charge in [0.1, 0.15) is 10.7 Å². The second-order valence-corrected chi connectivity index (χ2v) is 5.01. The predicted molar refractivity (Wildman–Crippen MR) is 58.3 cm³/mol. The van der Waals surface area contributed by atoms with E-state index in [4.69, 9.17) is 0 Å². The van der Waals surface area contributed by atoms with E-state index in [1.165, 1.54) is 12.4 Å². The zero-order valence-corrected chi connectivity index (χ0v) is 9.62. The molecule has 0 aliphatic carbocycles. The Bertz CT molecular complexity index is 638. The Morgan fingerprint density at radius 1 is 1.35 bits per heavy atom. The number of aromatic nitrogens is 3. The van der Waals surface area contributed by atoms with E-state index in [2.05, 4.69) is 19.9 Å². The van der Waals surface area contributed by atoms with Crippen LogP contribution in [0.3, 0.4) is 0 Å². The number of aryl methyl sites for hydroxylation is 1. The van der Waals surface area contributed by atoms with Crippen molar-refractivity contribution in [2.45, 2.75) is 11.8 Å². The van der Waals surface area contributed by atoms with Gasteiger partial charge in [0.05, 0.1) is 30.0 Å². The van der Waals surface area contributed by atoms with Crippen molar-refractivity contribution in [3.05, 3.63) is 36.2 Å². The van der Waals surface area contributed by atoms with Crippen LogP contribution in [0.25, 0.3) is 0 Å². The number of hydrogen-bond acceptors (Lipinski definition) is 4. The van der Waals surface area contributed by atoms with E-state index in [-0.39, 0.29) is 10.6 Å². The van der Waals surface area contributed by atoms with Crippen LogP contribution in [-0.4, -0.2) is 23.6 Å². The number of sulfonamides is 1. The van der Waals surface area contributed by atoms with Gasteiger partial charge in [0.2, 0.25) is 0 Å². The average Bonchev–Trinajstić information content (AvgIpc) is 2.64. The quantitative estimate of drug-likeness (QED) is 0.859. The first-order chi connectivity index (χ1) is 7.99. The largest absolute Gasteiger partial charge is 0.281 e. The lowest BCUT2D eigenvalue weighted by Crippen LogP contribution is -2.13. The number of pyridine rings is 1. The molecule has 2 rings (SSSR count). The Hall–Kier alpha value is -1.96. The maximum atomic E-state index is 12.8. The van der Waals surface area contributed by atoms with Crippen LogP contribution in [0, 0.1) is 12.7 Å². The summed E-state index contributed by atoms with van der Waals surface area (Å²) in [6, 6.07) is 1.04. The third-order valence-corrected chi connectivity index (χ3v) is 3.53. The molecule has 2 N–H and O–H groups in total. The van der Waals surface area contributed by atoms with Gasteiger partial charge in [-0.05, 0) is 6.92 Å². The number of anilines is 1. The van der Waals surface area contributed by atoms with Crippen LogP contribution in [-0.2, 0) is 10.0 Å². The second-order valence-electron chi connectivity index (χ2n) is 3.36. The minimum absolute atomic E-state index is 0.0155. The number of aromatic amines is 1. The smallest absolute Gasteiger partial charge is 0.265 e. The fourth-order valence-corrected chi connectivity index (χ4v) is 2.46. The molecule has 2 aromatic heterocycles. The van der Waals surface area contributed by atoms with Gasteiger partial charge >= 0.3 is 0 Å². The van der Waals surface area contributed by atoms with Gasteiger partial charge in [-0.1, -0.05) is 0 Å². The topological polar surface area (TPSA) is 87.7 Å². The van der Waals surface area contributed by atoms with E-state index in [9.17, 15) is 12.8 Å². The van der Waals surface area contributed by atoms with Gasteiger partial charge in [0.15, 0.2) is 0 Å². The summed E-state index contributed by atoms with van der Waals surface area (Å²) < 4.78 is 38.8. The molecule has 0 radical (unpaired) electrons. The molecule has 0 saturated heterocycles. The molecule has 8 heteroatoms. The van der Waals surface area contributed by atoms with E-state index >= 15 is 0 Å². The number of hydrogen-bond donors (Lipinski definition) is 2. The lowest BCUT2D eigenvalue weighted by Gasteiger charge is -2.06.